The van der Waals surface area contributed by atoms with Crippen LogP contribution >= 0.6 is 0 Å². The van der Waals surface area contributed by atoms with Crippen LogP contribution in [0.3, 0.4) is 0 Å². The molecule has 0 spiro atoms. The van der Waals surface area contributed by atoms with E-state index in [-0.39, 0.29) is 18.2 Å². The fourth-order valence-corrected chi connectivity index (χ4v) is 4.13. The lowest BCUT2D eigenvalue weighted by Gasteiger charge is -2.23. The normalized spacial score (nSPS) is 24.7. The highest BCUT2D eigenvalue weighted by Crippen LogP contribution is 2.20. The standard InChI is InChI=1S/C14H25FN2O3S/c15-21(19,20)11-12-9-14(18)17(10-12)8-4-7-16-13-5-2-1-3-6-13/h12-13,16H,1-11H2. The number of nitrogens with one attached hydrogen (secondary N) is 1. The third-order valence-corrected chi connectivity index (χ3v) is 5.24. The van der Waals surface area contributed by atoms with Crippen molar-refractivity contribution in [2.24, 2.45) is 5.92 Å². The van der Waals surface area contributed by atoms with Crippen LogP contribution in [0.15, 0.2) is 0 Å². The smallest absolute Gasteiger partial charge is 0.302 e. The van der Waals surface area contributed by atoms with E-state index in [2.05, 4.69) is 5.32 Å². The number of carbonyl (C=O) groups is 1. The third kappa shape index (κ3) is 5.90. The zero-order chi connectivity index (χ0) is 15.3. The molecule has 0 aromatic carbocycles. The maximum atomic E-state index is 12.6. The molecule has 1 heterocycles. The van der Waals surface area contributed by atoms with E-state index in [0.717, 1.165) is 13.0 Å². The Labute approximate surface area is 126 Å². The summed E-state index contributed by atoms with van der Waals surface area (Å²) < 4.78 is 33.9. The minimum absolute atomic E-state index is 0.0543. The first-order valence-electron chi connectivity index (χ1n) is 7.87. The molecule has 1 aliphatic heterocycles. The van der Waals surface area contributed by atoms with E-state index >= 15 is 0 Å². The molecule has 5 nitrogen and oxygen atoms in total. The molecule has 1 unspecified atom stereocenters. The molecule has 0 bridgehead atoms. The van der Waals surface area contributed by atoms with Crippen molar-refractivity contribution in [2.45, 2.75) is 51.0 Å². The summed E-state index contributed by atoms with van der Waals surface area (Å²) in [5, 5.41) is 3.52. The highest BCUT2D eigenvalue weighted by molar-refractivity contribution is 7.86. The lowest BCUT2D eigenvalue weighted by atomic mass is 9.95. The van der Waals surface area contributed by atoms with Crippen LogP contribution in [0.25, 0.3) is 0 Å². The van der Waals surface area contributed by atoms with E-state index in [9.17, 15) is 17.1 Å². The van der Waals surface area contributed by atoms with E-state index in [4.69, 9.17) is 0 Å². The van der Waals surface area contributed by atoms with Gasteiger partial charge in [-0.3, -0.25) is 4.79 Å². The summed E-state index contributed by atoms with van der Waals surface area (Å²) in [6.07, 6.45) is 7.40. The maximum absolute atomic E-state index is 12.6. The monoisotopic (exact) mass is 320 g/mol. The first kappa shape index (κ1) is 16.7. The van der Waals surface area contributed by atoms with Gasteiger partial charge >= 0.3 is 10.2 Å². The van der Waals surface area contributed by atoms with Gasteiger partial charge in [-0.05, 0) is 25.8 Å². The number of amides is 1. The first-order chi connectivity index (χ1) is 9.94. The Kier molecular flexibility index (Phi) is 5.98. The largest absolute Gasteiger partial charge is 0.342 e. The summed E-state index contributed by atoms with van der Waals surface area (Å²) in [6, 6.07) is 0.609. The molecule has 0 aromatic rings. The van der Waals surface area contributed by atoms with Gasteiger partial charge in [0.1, 0.15) is 0 Å². The van der Waals surface area contributed by atoms with Crippen molar-refractivity contribution in [1.82, 2.24) is 10.2 Å². The van der Waals surface area contributed by atoms with Crippen LogP contribution in [0.2, 0.25) is 0 Å². The lowest BCUT2D eigenvalue weighted by molar-refractivity contribution is -0.127. The lowest BCUT2D eigenvalue weighted by Crippen LogP contribution is -2.34. The van der Waals surface area contributed by atoms with Crippen LogP contribution < -0.4 is 5.32 Å². The minimum atomic E-state index is -4.49. The quantitative estimate of drug-likeness (QED) is 0.569. The fourth-order valence-electron chi connectivity index (χ4n) is 3.35. The summed E-state index contributed by atoms with van der Waals surface area (Å²) in [4.78, 5) is 13.4. The molecule has 2 fully saturated rings. The molecular weight excluding hydrogens is 295 g/mol. The van der Waals surface area contributed by atoms with Crippen LogP contribution in [-0.4, -0.2) is 50.7 Å². The van der Waals surface area contributed by atoms with Gasteiger partial charge in [0.2, 0.25) is 5.91 Å². The summed E-state index contributed by atoms with van der Waals surface area (Å²) in [5.74, 6) is -0.977. The van der Waals surface area contributed by atoms with Crippen molar-refractivity contribution in [2.75, 3.05) is 25.4 Å². The zero-order valence-electron chi connectivity index (χ0n) is 12.4. The van der Waals surface area contributed by atoms with Gasteiger partial charge in [-0.15, -0.1) is 3.89 Å². The second-order valence-electron chi connectivity index (χ2n) is 6.26. The first-order valence-corrected chi connectivity index (χ1v) is 9.43. The molecule has 0 aromatic heterocycles. The summed E-state index contributed by atoms with van der Waals surface area (Å²) in [7, 11) is -4.49. The Morgan fingerprint density at radius 3 is 2.62 bits per heavy atom. The summed E-state index contributed by atoms with van der Waals surface area (Å²) >= 11 is 0. The molecule has 1 amide bonds. The van der Waals surface area contributed by atoms with Crippen molar-refractivity contribution in [3.8, 4) is 0 Å². The van der Waals surface area contributed by atoms with Crippen molar-refractivity contribution in [3.05, 3.63) is 0 Å². The van der Waals surface area contributed by atoms with Crippen LogP contribution in [0.4, 0.5) is 3.89 Å². The number of halogens is 1. The van der Waals surface area contributed by atoms with Crippen molar-refractivity contribution >= 4 is 16.1 Å². The molecule has 1 aliphatic carbocycles. The molecule has 0 radical (unpaired) electrons. The molecule has 2 aliphatic rings. The molecule has 1 atom stereocenters. The van der Waals surface area contributed by atoms with Gasteiger partial charge in [0, 0.05) is 31.5 Å². The van der Waals surface area contributed by atoms with E-state index in [1.54, 1.807) is 4.90 Å². The van der Waals surface area contributed by atoms with Gasteiger partial charge < -0.3 is 10.2 Å². The number of likely N-dealkylation sites (tertiary alicyclic amines) is 1. The maximum Gasteiger partial charge on any atom is 0.302 e. The molecule has 1 saturated carbocycles. The SMILES string of the molecule is O=C1CC(CS(=O)(=O)F)CN1CCCNC1CCCCC1. The van der Waals surface area contributed by atoms with E-state index in [1.807, 2.05) is 0 Å². The zero-order valence-corrected chi connectivity index (χ0v) is 13.2. The highest BCUT2D eigenvalue weighted by atomic mass is 32.3. The van der Waals surface area contributed by atoms with Crippen LogP contribution in [0.1, 0.15) is 44.9 Å². The number of nitrogens with zero attached hydrogens (tertiary/aromatic N) is 1. The van der Waals surface area contributed by atoms with Gasteiger partial charge in [-0.2, -0.15) is 8.42 Å². The Balaban J connectivity index is 1.63. The Morgan fingerprint density at radius 2 is 1.95 bits per heavy atom. The van der Waals surface area contributed by atoms with Gasteiger partial charge in [0.15, 0.2) is 0 Å². The number of hydrogen-bond acceptors (Lipinski definition) is 4. The third-order valence-electron chi connectivity index (χ3n) is 4.37. The molecule has 21 heavy (non-hydrogen) atoms. The second-order valence-corrected chi connectivity index (χ2v) is 7.67. The number of carbonyl (C=O) groups excluding carboxylic acids is 1. The number of rotatable bonds is 7. The van der Waals surface area contributed by atoms with Crippen molar-refractivity contribution < 1.29 is 17.1 Å². The topological polar surface area (TPSA) is 66.5 Å². The predicted molar refractivity (Wildman–Crippen MR) is 79.1 cm³/mol. The molecular formula is C14H25FN2O3S. The summed E-state index contributed by atoms with van der Waals surface area (Å²) in [5.41, 5.74) is 0. The van der Waals surface area contributed by atoms with Crippen LogP contribution in [0.5, 0.6) is 0 Å². The van der Waals surface area contributed by atoms with Gasteiger partial charge in [-0.25, -0.2) is 0 Å². The molecule has 7 heteroatoms. The average Bonchev–Trinajstić information content (AvgIpc) is 2.74. The van der Waals surface area contributed by atoms with E-state index in [1.165, 1.54) is 32.1 Å². The second kappa shape index (κ2) is 7.54. The van der Waals surface area contributed by atoms with E-state index < -0.39 is 16.0 Å². The molecule has 1 N–H and O–H groups in total. The van der Waals surface area contributed by atoms with Gasteiger partial charge in [-0.1, -0.05) is 19.3 Å². The fraction of sp³-hybridized carbons (Fsp3) is 0.929. The van der Waals surface area contributed by atoms with Crippen LogP contribution in [-0.2, 0) is 15.0 Å². The van der Waals surface area contributed by atoms with E-state index in [0.29, 0.717) is 19.1 Å². The highest BCUT2D eigenvalue weighted by Gasteiger charge is 2.32. The molecule has 2 rings (SSSR count). The Hall–Kier alpha value is -0.690. The van der Waals surface area contributed by atoms with Crippen molar-refractivity contribution in [3.63, 3.8) is 0 Å². The average molecular weight is 320 g/mol. The van der Waals surface area contributed by atoms with Crippen molar-refractivity contribution in [1.29, 1.82) is 0 Å². The van der Waals surface area contributed by atoms with Gasteiger partial charge in [0.05, 0.1) is 5.75 Å². The number of hydrogen-bond donors (Lipinski definition) is 1. The molecule has 1 saturated heterocycles. The van der Waals surface area contributed by atoms with Crippen LogP contribution in [0, 0.1) is 5.92 Å². The van der Waals surface area contributed by atoms with Gasteiger partial charge in [0.25, 0.3) is 0 Å². The molecule has 122 valence electrons. The Bertz CT molecular complexity index is 449. The minimum Gasteiger partial charge on any atom is -0.342 e. The summed E-state index contributed by atoms with van der Waals surface area (Å²) in [6.45, 7) is 1.87. The Morgan fingerprint density at radius 1 is 1.24 bits per heavy atom. The predicted octanol–water partition coefficient (Wildman–Crippen LogP) is 1.45.